The van der Waals surface area contributed by atoms with Crippen molar-refractivity contribution in [1.82, 2.24) is 0 Å². The Labute approximate surface area is 202 Å². The van der Waals surface area contributed by atoms with Crippen molar-refractivity contribution in [3.8, 4) is 11.5 Å². The van der Waals surface area contributed by atoms with E-state index in [0.29, 0.717) is 54.6 Å². The maximum atomic E-state index is 12.8. The highest BCUT2D eigenvalue weighted by Gasteiger charge is 2.22. The molecule has 0 aliphatic carbocycles. The van der Waals surface area contributed by atoms with E-state index in [1.165, 1.54) is 36.4 Å². The quantitative estimate of drug-likeness (QED) is 0.542. The van der Waals surface area contributed by atoms with Crippen LogP contribution in [0.15, 0.2) is 71.6 Å². The summed E-state index contributed by atoms with van der Waals surface area (Å²) in [6.45, 7) is 1.48. The molecule has 0 radical (unpaired) electrons. The smallest absolute Gasteiger partial charge is 0.262 e. The lowest BCUT2D eigenvalue weighted by molar-refractivity contribution is -0.117. The number of amides is 2. The van der Waals surface area contributed by atoms with Crippen LogP contribution >= 0.6 is 0 Å². The van der Waals surface area contributed by atoms with Crippen LogP contribution in [0.2, 0.25) is 0 Å². The van der Waals surface area contributed by atoms with Crippen LogP contribution in [-0.2, 0) is 14.8 Å². The molecule has 3 aromatic carbocycles. The molecule has 1 saturated heterocycles. The van der Waals surface area contributed by atoms with Gasteiger partial charge in [-0.1, -0.05) is 0 Å². The Morgan fingerprint density at radius 1 is 0.857 bits per heavy atom. The highest BCUT2D eigenvalue weighted by Crippen LogP contribution is 2.32. The number of nitrogens with zero attached hydrogens (tertiary/aromatic N) is 1. The number of carbonyl (C=O) groups is 2. The number of benzene rings is 3. The third-order valence-corrected chi connectivity index (χ3v) is 7.11. The number of nitrogens with one attached hydrogen (secondary N) is 2. The number of sulfonamides is 1. The van der Waals surface area contributed by atoms with Gasteiger partial charge in [0.1, 0.15) is 13.2 Å². The molecule has 1 fully saturated rings. The number of rotatable bonds is 6. The van der Waals surface area contributed by atoms with E-state index < -0.39 is 10.0 Å². The zero-order valence-electron chi connectivity index (χ0n) is 18.7. The SMILES string of the molecule is O=C(Nc1ccc(N2CCCC2=O)cc1)c1ccc(NS(=O)(=O)c2ccc3c(c2)OCCO3)cc1. The van der Waals surface area contributed by atoms with E-state index in [1.54, 1.807) is 35.2 Å². The van der Waals surface area contributed by atoms with Gasteiger partial charge in [-0.2, -0.15) is 0 Å². The fourth-order valence-corrected chi connectivity index (χ4v) is 5.02. The average molecular weight is 494 g/mol. The van der Waals surface area contributed by atoms with Crippen LogP contribution in [0.5, 0.6) is 11.5 Å². The summed E-state index contributed by atoms with van der Waals surface area (Å²) in [5.41, 5.74) is 2.08. The van der Waals surface area contributed by atoms with Gasteiger partial charge in [0.25, 0.3) is 15.9 Å². The van der Waals surface area contributed by atoms with Gasteiger partial charge in [0.2, 0.25) is 5.91 Å². The van der Waals surface area contributed by atoms with E-state index in [1.807, 2.05) is 0 Å². The van der Waals surface area contributed by atoms with E-state index in [4.69, 9.17) is 9.47 Å². The average Bonchev–Trinajstić information content (AvgIpc) is 3.30. The molecule has 180 valence electrons. The van der Waals surface area contributed by atoms with Crippen LogP contribution in [0.3, 0.4) is 0 Å². The van der Waals surface area contributed by atoms with Gasteiger partial charge < -0.3 is 19.7 Å². The predicted octanol–water partition coefficient (Wildman–Crippen LogP) is 3.64. The minimum atomic E-state index is -3.86. The molecular formula is C25H23N3O6S. The Morgan fingerprint density at radius 3 is 2.23 bits per heavy atom. The fraction of sp³-hybridized carbons (Fsp3) is 0.200. The van der Waals surface area contributed by atoms with Crippen molar-refractivity contribution in [2.24, 2.45) is 0 Å². The maximum absolute atomic E-state index is 12.8. The summed E-state index contributed by atoms with van der Waals surface area (Å²) in [5, 5.41) is 2.80. The second-order valence-corrected chi connectivity index (χ2v) is 9.82. The van der Waals surface area contributed by atoms with E-state index in [0.717, 1.165) is 12.1 Å². The van der Waals surface area contributed by atoms with Crippen molar-refractivity contribution in [3.63, 3.8) is 0 Å². The molecule has 0 unspecified atom stereocenters. The number of anilines is 3. The maximum Gasteiger partial charge on any atom is 0.262 e. The molecule has 0 aromatic heterocycles. The molecule has 2 heterocycles. The largest absolute Gasteiger partial charge is 0.486 e. The summed E-state index contributed by atoms with van der Waals surface area (Å²) in [4.78, 5) is 26.3. The van der Waals surface area contributed by atoms with E-state index in [2.05, 4.69) is 10.0 Å². The minimum absolute atomic E-state index is 0.0441. The minimum Gasteiger partial charge on any atom is -0.486 e. The monoisotopic (exact) mass is 493 g/mol. The van der Waals surface area contributed by atoms with Crippen LogP contribution in [0.25, 0.3) is 0 Å². The topological polar surface area (TPSA) is 114 Å². The van der Waals surface area contributed by atoms with Crippen molar-refractivity contribution < 1.29 is 27.5 Å². The molecule has 3 aromatic rings. The Balaban J connectivity index is 1.23. The first kappa shape index (κ1) is 22.7. The highest BCUT2D eigenvalue weighted by molar-refractivity contribution is 7.92. The van der Waals surface area contributed by atoms with Gasteiger partial charge in [0.15, 0.2) is 11.5 Å². The number of fused-ring (bicyclic) bond motifs is 1. The zero-order valence-corrected chi connectivity index (χ0v) is 19.5. The Bertz CT molecular complexity index is 1370. The lowest BCUT2D eigenvalue weighted by Crippen LogP contribution is -2.23. The molecule has 2 amide bonds. The molecule has 5 rings (SSSR count). The van der Waals surface area contributed by atoms with E-state index in [-0.39, 0.29) is 16.7 Å². The summed E-state index contributed by atoms with van der Waals surface area (Å²) in [6, 6.07) is 17.6. The van der Waals surface area contributed by atoms with E-state index in [9.17, 15) is 18.0 Å². The van der Waals surface area contributed by atoms with Gasteiger partial charge in [-0.3, -0.25) is 14.3 Å². The van der Waals surface area contributed by atoms with Crippen molar-refractivity contribution in [2.75, 3.05) is 34.7 Å². The summed E-state index contributed by atoms with van der Waals surface area (Å²) in [7, 11) is -3.86. The first-order chi connectivity index (χ1) is 16.9. The second-order valence-electron chi connectivity index (χ2n) is 8.14. The third kappa shape index (κ3) is 4.92. The third-order valence-electron chi connectivity index (χ3n) is 5.73. The van der Waals surface area contributed by atoms with Crippen molar-refractivity contribution in [3.05, 3.63) is 72.3 Å². The summed E-state index contributed by atoms with van der Waals surface area (Å²) in [6.07, 6.45) is 1.40. The van der Waals surface area contributed by atoms with Gasteiger partial charge in [-0.15, -0.1) is 0 Å². The number of ether oxygens (including phenoxy) is 2. The zero-order chi connectivity index (χ0) is 24.4. The normalized spacial score (nSPS) is 15.1. The van der Waals surface area contributed by atoms with Gasteiger partial charge in [-0.25, -0.2) is 8.42 Å². The summed E-state index contributed by atoms with van der Waals surface area (Å²) in [5.74, 6) is 0.652. The molecule has 10 heteroatoms. The lowest BCUT2D eigenvalue weighted by atomic mass is 10.2. The van der Waals surface area contributed by atoms with Gasteiger partial charge >= 0.3 is 0 Å². The highest BCUT2D eigenvalue weighted by atomic mass is 32.2. The fourth-order valence-electron chi connectivity index (χ4n) is 3.94. The Morgan fingerprint density at radius 2 is 1.54 bits per heavy atom. The first-order valence-electron chi connectivity index (χ1n) is 11.1. The standard InChI is InChI=1S/C25H23N3O6S/c29-24-2-1-13-28(24)20-9-7-18(8-10-20)26-25(30)17-3-5-19(6-4-17)27-35(31,32)21-11-12-22-23(16-21)34-15-14-33-22/h3-12,16,27H,1-2,13-15H2,(H,26,30). The number of hydrogen-bond donors (Lipinski definition) is 2. The summed E-state index contributed by atoms with van der Waals surface area (Å²) >= 11 is 0. The van der Waals surface area contributed by atoms with Gasteiger partial charge in [0, 0.05) is 41.7 Å². The molecule has 35 heavy (non-hydrogen) atoms. The molecule has 0 atom stereocenters. The molecule has 2 aliphatic heterocycles. The molecular weight excluding hydrogens is 470 g/mol. The first-order valence-corrected chi connectivity index (χ1v) is 12.6. The van der Waals surface area contributed by atoms with E-state index >= 15 is 0 Å². The van der Waals surface area contributed by atoms with Crippen LogP contribution in [0.1, 0.15) is 23.2 Å². The van der Waals surface area contributed by atoms with Gasteiger partial charge in [0.05, 0.1) is 4.90 Å². The van der Waals surface area contributed by atoms with Gasteiger partial charge in [-0.05, 0) is 67.1 Å². The molecule has 0 saturated carbocycles. The van der Waals surface area contributed by atoms with Crippen molar-refractivity contribution in [1.29, 1.82) is 0 Å². The lowest BCUT2D eigenvalue weighted by Gasteiger charge is -2.19. The number of hydrogen-bond acceptors (Lipinski definition) is 6. The molecule has 2 aliphatic rings. The molecule has 0 bridgehead atoms. The van der Waals surface area contributed by atoms with Crippen LogP contribution < -0.4 is 24.4 Å². The van der Waals surface area contributed by atoms with Crippen molar-refractivity contribution >= 4 is 38.9 Å². The van der Waals surface area contributed by atoms with Crippen LogP contribution in [-0.4, -0.2) is 40.0 Å². The molecule has 9 nitrogen and oxygen atoms in total. The Hall–Kier alpha value is -4.05. The molecule has 2 N–H and O–H groups in total. The van der Waals surface area contributed by atoms with Crippen LogP contribution in [0, 0.1) is 0 Å². The Kier molecular flexibility index (Phi) is 6.04. The second kappa shape index (κ2) is 9.30. The number of carbonyl (C=O) groups excluding carboxylic acids is 2. The predicted molar refractivity (Wildman–Crippen MR) is 131 cm³/mol. The summed E-state index contributed by atoms with van der Waals surface area (Å²) < 4.78 is 38.9. The van der Waals surface area contributed by atoms with Crippen molar-refractivity contribution in [2.45, 2.75) is 17.7 Å². The molecule has 0 spiro atoms. The van der Waals surface area contributed by atoms with Crippen LogP contribution in [0.4, 0.5) is 17.1 Å².